The quantitative estimate of drug-likeness (QED) is 0.774. The Balaban J connectivity index is 1.98. The van der Waals surface area contributed by atoms with Crippen LogP contribution in [0, 0.1) is 6.92 Å². The highest BCUT2D eigenvalue weighted by molar-refractivity contribution is 5.87. The van der Waals surface area contributed by atoms with Crippen molar-refractivity contribution in [3.05, 3.63) is 12.0 Å². The highest BCUT2D eigenvalue weighted by Gasteiger charge is 2.18. The molecule has 0 aromatic carbocycles. The fourth-order valence-corrected chi connectivity index (χ4v) is 2.00. The first-order chi connectivity index (χ1) is 7.84. The van der Waals surface area contributed by atoms with E-state index in [2.05, 4.69) is 25.8 Å². The van der Waals surface area contributed by atoms with Crippen molar-refractivity contribution in [2.75, 3.05) is 18.4 Å². The normalized spacial score (nSPS) is 20.4. The number of nitrogens with zero attached hydrogens (tertiary/aromatic N) is 3. The second-order valence-electron chi connectivity index (χ2n) is 4.00. The molecule has 2 aromatic heterocycles. The lowest BCUT2D eigenvalue weighted by atomic mass is 10.2. The number of nitrogens with one attached hydrogen (secondary N) is 2. The molecule has 1 atom stereocenters. The molecule has 0 radical (unpaired) electrons. The van der Waals surface area contributed by atoms with Gasteiger partial charge in [0.1, 0.15) is 17.5 Å². The Morgan fingerprint density at radius 2 is 2.44 bits per heavy atom. The van der Waals surface area contributed by atoms with Crippen molar-refractivity contribution >= 4 is 16.9 Å². The molecular weight excluding hydrogens is 206 g/mol. The molecule has 84 valence electrons. The standard InChI is InChI=1S/C10H13N5O/c1-6-8-9(14-7-2-3-11-4-7)12-5-13-10(8)16-15-6/h5,7,11H,2-4H2,1H3,(H,12,13,14). The monoisotopic (exact) mass is 219 g/mol. The number of aromatic nitrogens is 3. The smallest absolute Gasteiger partial charge is 0.263 e. The number of hydrogen-bond donors (Lipinski definition) is 2. The molecule has 1 saturated heterocycles. The summed E-state index contributed by atoms with van der Waals surface area (Å²) in [7, 11) is 0. The van der Waals surface area contributed by atoms with Gasteiger partial charge in [-0.1, -0.05) is 5.16 Å². The highest BCUT2D eigenvalue weighted by Crippen LogP contribution is 2.23. The Labute approximate surface area is 92.4 Å². The topological polar surface area (TPSA) is 75.9 Å². The molecule has 0 bridgehead atoms. The molecule has 0 amide bonds. The summed E-state index contributed by atoms with van der Waals surface area (Å²) in [6, 6.07) is 0.424. The summed E-state index contributed by atoms with van der Waals surface area (Å²) in [4.78, 5) is 8.29. The van der Waals surface area contributed by atoms with Gasteiger partial charge in [0.2, 0.25) is 0 Å². The van der Waals surface area contributed by atoms with Gasteiger partial charge in [-0.3, -0.25) is 0 Å². The van der Waals surface area contributed by atoms with Crippen LogP contribution in [0.25, 0.3) is 11.1 Å². The van der Waals surface area contributed by atoms with Crippen molar-refractivity contribution in [1.29, 1.82) is 0 Å². The van der Waals surface area contributed by atoms with E-state index in [-0.39, 0.29) is 0 Å². The summed E-state index contributed by atoms with van der Waals surface area (Å²) < 4.78 is 5.10. The lowest BCUT2D eigenvalue weighted by Gasteiger charge is -2.11. The van der Waals surface area contributed by atoms with Crippen molar-refractivity contribution < 1.29 is 4.52 Å². The molecule has 0 aliphatic carbocycles. The zero-order valence-corrected chi connectivity index (χ0v) is 9.03. The van der Waals surface area contributed by atoms with Crippen LogP contribution >= 0.6 is 0 Å². The summed E-state index contributed by atoms with van der Waals surface area (Å²) in [5.41, 5.74) is 1.37. The molecule has 1 fully saturated rings. The van der Waals surface area contributed by atoms with Crippen LogP contribution in [0.4, 0.5) is 5.82 Å². The van der Waals surface area contributed by atoms with E-state index in [1.54, 1.807) is 0 Å². The number of fused-ring (bicyclic) bond motifs is 1. The summed E-state index contributed by atoms with van der Waals surface area (Å²) in [5.74, 6) is 0.817. The van der Waals surface area contributed by atoms with Gasteiger partial charge >= 0.3 is 0 Å². The lowest BCUT2D eigenvalue weighted by Crippen LogP contribution is -2.22. The molecule has 16 heavy (non-hydrogen) atoms. The van der Waals surface area contributed by atoms with Crippen LogP contribution < -0.4 is 10.6 Å². The lowest BCUT2D eigenvalue weighted by molar-refractivity contribution is 0.442. The van der Waals surface area contributed by atoms with Gasteiger partial charge < -0.3 is 15.2 Å². The van der Waals surface area contributed by atoms with E-state index in [9.17, 15) is 0 Å². The van der Waals surface area contributed by atoms with Crippen molar-refractivity contribution in [3.63, 3.8) is 0 Å². The third kappa shape index (κ3) is 1.51. The number of hydrogen-bond acceptors (Lipinski definition) is 6. The van der Waals surface area contributed by atoms with Crippen molar-refractivity contribution in [1.82, 2.24) is 20.4 Å². The first-order valence-electron chi connectivity index (χ1n) is 5.39. The Morgan fingerprint density at radius 3 is 3.25 bits per heavy atom. The molecule has 0 spiro atoms. The molecule has 1 aliphatic heterocycles. The van der Waals surface area contributed by atoms with Gasteiger partial charge in [0.15, 0.2) is 0 Å². The van der Waals surface area contributed by atoms with E-state index in [0.29, 0.717) is 11.8 Å². The number of anilines is 1. The van der Waals surface area contributed by atoms with Crippen LogP contribution in [0.3, 0.4) is 0 Å². The number of rotatable bonds is 2. The second kappa shape index (κ2) is 3.71. The number of aryl methyl sites for hydroxylation is 1. The Bertz CT molecular complexity index is 503. The van der Waals surface area contributed by atoms with Crippen LogP contribution in [0.15, 0.2) is 10.9 Å². The van der Waals surface area contributed by atoms with Crippen molar-refractivity contribution in [2.45, 2.75) is 19.4 Å². The second-order valence-corrected chi connectivity index (χ2v) is 4.00. The fourth-order valence-electron chi connectivity index (χ4n) is 2.00. The van der Waals surface area contributed by atoms with E-state index >= 15 is 0 Å². The van der Waals surface area contributed by atoms with Gasteiger partial charge in [-0.25, -0.2) is 4.98 Å². The van der Waals surface area contributed by atoms with Crippen LogP contribution in [0.5, 0.6) is 0 Å². The summed E-state index contributed by atoms with van der Waals surface area (Å²) in [5, 5.41) is 11.5. The van der Waals surface area contributed by atoms with Gasteiger partial charge in [-0.2, -0.15) is 4.98 Å². The van der Waals surface area contributed by atoms with E-state index < -0.39 is 0 Å². The molecule has 1 unspecified atom stereocenters. The molecule has 3 heterocycles. The molecule has 2 N–H and O–H groups in total. The molecule has 6 heteroatoms. The summed E-state index contributed by atoms with van der Waals surface area (Å²) >= 11 is 0. The average Bonchev–Trinajstić information content (AvgIpc) is 2.90. The van der Waals surface area contributed by atoms with Crippen LogP contribution in [-0.2, 0) is 0 Å². The predicted octanol–water partition coefficient (Wildman–Crippen LogP) is 0.700. The Kier molecular flexibility index (Phi) is 2.21. The summed E-state index contributed by atoms with van der Waals surface area (Å²) in [6.07, 6.45) is 2.60. The van der Waals surface area contributed by atoms with E-state index in [1.165, 1.54) is 6.33 Å². The molecule has 0 saturated carbocycles. The third-order valence-corrected chi connectivity index (χ3v) is 2.84. The van der Waals surface area contributed by atoms with E-state index in [4.69, 9.17) is 4.52 Å². The van der Waals surface area contributed by atoms with Crippen molar-refractivity contribution in [2.24, 2.45) is 0 Å². The van der Waals surface area contributed by atoms with Gasteiger partial charge in [-0.15, -0.1) is 0 Å². The Morgan fingerprint density at radius 1 is 1.50 bits per heavy atom. The van der Waals surface area contributed by atoms with Crippen LogP contribution in [-0.4, -0.2) is 34.3 Å². The zero-order valence-electron chi connectivity index (χ0n) is 9.03. The molecule has 2 aromatic rings. The maximum Gasteiger partial charge on any atom is 0.263 e. The third-order valence-electron chi connectivity index (χ3n) is 2.84. The Hall–Kier alpha value is -1.69. The maximum absolute atomic E-state index is 5.10. The van der Waals surface area contributed by atoms with Gasteiger partial charge in [-0.05, 0) is 19.9 Å². The van der Waals surface area contributed by atoms with Crippen molar-refractivity contribution in [3.8, 4) is 0 Å². The van der Waals surface area contributed by atoms with Crippen LogP contribution in [0.1, 0.15) is 12.1 Å². The zero-order chi connectivity index (χ0) is 11.0. The first kappa shape index (κ1) is 9.53. The van der Waals surface area contributed by atoms with E-state index in [0.717, 1.165) is 36.4 Å². The maximum atomic E-state index is 5.10. The minimum Gasteiger partial charge on any atom is -0.365 e. The predicted molar refractivity (Wildman–Crippen MR) is 59.2 cm³/mol. The van der Waals surface area contributed by atoms with Gasteiger partial charge in [0.05, 0.1) is 5.69 Å². The largest absolute Gasteiger partial charge is 0.365 e. The minimum absolute atomic E-state index is 0.424. The molecule has 3 rings (SSSR count). The van der Waals surface area contributed by atoms with Gasteiger partial charge in [0.25, 0.3) is 5.71 Å². The molecular formula is C10H13N5O. The first-order valence-corrected chi connectivity index (χ1v) is 5.39. The molecule has 1 aliphatic rings. The van der Waals surface area contributed by atoms with Crippen LogP contribution in [0.2, 0.25) is 0 Å². The average molecular weight is 219 g/mol. The van der Waals surface area contributed by atoms with Gasteiger partial charge in [0, 0.05) is 12.6 Å². The van der Waals surface area contributed by atoms with E-state index in [1.807, 2.05) is 6.92 Å². The summed E-state index contributed by atoms with van der Waals surface area (Å²) in [6.45, 7) is 3.91. The SMILES string of the molecule is Cc1noc2ncnc(NC3CCNC3)c12. The fraction of sp³-hybridized carbons (Fsp3) is 0.500. The highest BCUT2D eigenvalue weighted by atomic mass is 16.5. The minimum atomic E-state index is 0.424. The molecule has 6 nitrogen and oxygen atoms in total.